The second-order valence-electron chi connectivity index (χ2n) is 5.63. The molecule has 2 heterocycles. The molecule has 0 saturated carbocycles. The lowest BCUT2D eigenvalue weighted by atomic mass is 10.2. The summed E-state index contributed by atoms with van der Waals surface area (Å²) in [6, 6.07) is 8.36. The smallest absolute Gasteiger partial charge is 0.292 e. The molecule has 24 heavy (non-hydrogen) atoms. The van der Waals surface area contributed by atoms with Crippen molar-refractivity contribution in [2.24, 2.45) is 0 Å². The molecule has 1 saturated heterocycles. The molecule has 1 aromatic carbocycles. The van der Waals surface area contributed by atoms with Crippen LogP contribution >= 0.6 is 0 Å². The molecule has 3 rings (SSSR count). The maximum atomic E-state index is 12.8. The summed E-state index contributed by atoms with van der Waals surface area (Å²) in [6.45, 7) is -0.853. The Morgan fingerprint density at radius 3 is 2.38 bits per heavy atom. The fraction of sp³-hybridized carbons (Fsp3) is 0.400. The molecule has 130 valence electrons. The van der Waals surface area contributed by atoms with Gasteiger partial charge in [-0.25, -0.2) is 8.42 Å². The molecule has 1 aliphatic rings. The Kier molecular flexibility index (Phi) is 4.50. The number of benzene rings is 1. The average molecular weight is 359 g/mol. The Morgan fingerprint density at radius 2 is 1.71 bits per heavy atom. The van der Waals surface area contributed by atoms with Crippen LogP contribution in [0.4, 0.5) is 13.2 Å². The Morgan fingerprint density at radius 1 is 1.04 bits per heavy atom. The van der Waals surface area contributed by atoms with E-state index < -0.39 is 22.7 Å². The van der Waals surface area contributed by atoms with Gasteiger partial charge in [0.2, 0.25) is 10.0 Å². The predicted octanol–water partition coefficient (Wildman–Crippen LogP) is 2.10. The Labute approximate surface area is 137 Å². The van der Waals surface area contributed by atoms with Crippen LogP contribution in [0.2, 0.25) is 0 Å². The summed E-state index contributed by atoms with van der Waals surface area (Å²) in [5.41, 5.74) is 0.373. The molecule has 0 spiro atoms. The zero-order chi connectivity index (χ0) is 17.4. The summed E-state index contributed by atoms with van der Waals surface area (Å²) < 4.78 is 64.2. The Hall–Kier alpha value is -1.71. The number of sulfonamides is 1. The van der Waals surface area contributed by atoms with Crippen LogP contribution in [0, 0.1) is 0 Å². The second kappa shape index (κ2) is 6.30. The van der Waals surface area contributed by atoms with Crippen molar-refractivity contribution < 1.29 is 21.6 Å². The first-order chi connectivity index (χ1) is 11.3. The first kappa shape index (κ1) is 17.1. The molecule has 0 aliphatic carbocycles. The van der Waals surface area contributed by atoms with E-state index in [1.54, 1.807) is 24.3 Å². The molecule has 1 aliphatic heterocycles. The predicted molar refractivity (Wildman–Crippen MR) is 83.0 cm³/mol. The number of hydrogen-bond donors (Lipinski definition) is 0. The number of hydrogen-bond acceptors (Lipinski definition) is 4. The SMILES string of the molecule is O=S(=O)(c1cccc2cccnc12)N1CCN(CC(F)(F)F)CC1. The number of halogens is 3. The van der Waals surface area contributed by atoms with Crippen LogP contribution in [0.5, 0.6) is 0 Å². The van der Waals surface area contributed by atoms with Gasteiger partial charge in [0.05, 0.1) is 12.1 Å². The first-order valence-corrected chi connectivity index (χ1v) is 8.84. The van der Waals surface area contributed by atoms with Crippen LogP contribution in [0.15, 0.2) is 41.4 Å². The minimum Gasteiger partial charge on any atom is -0.292 e. The minimum absolute atomic E-state index is 0.0294. The summed E-state index contributed by atoms with van der Waals surface area (Å²) in [5.74, 6) is 0. The van der Waals surface area contributed by atoms with Gasteiger partial charge in [0.15, 0.2) is 0 Å². The van der Waals surface area contributed by atoms with Gasteiger partial charge in [0.1, 0.15) is 4.90 Å². The van der Waals surface area contributed by atoms with Crippen LogP contribution in [-0.4, -0.2) is 61.5 Å². The van der Waals surface area contributed by atoms with Crippen molar-refractivity contribution in [2.75, 3.05) is 32.7 Å². The summed E-state index contributed by atoms with van der Waals surface area (Å²) in [4.78, 5) is 5.44. The van der Waals surface area contributed by atoms with Gasteiger partial charge < -0.3 is 0 Å². The number of fused-ring (bicyclic) bond motifs is 1. The third-order valence-corrected chi connectivity index (χ3v) is 5.88. The van der Waals surface area contributed by atoms with E-state index in [1.807, 2.05) is 0 Å². The number of pyridine rings is 1. The van der Waals surface area contributed by atoms with Crippen molar-refractivity contribution in [3.8, 4) is 0 Å². The summed E-state index contributed by atoms with van der Waals surface area (Å²) in [7, 11) is -3.79. The van der Waals surface area contributed by atoms with Crippen LogP contribution in [-0.2, 0) is 10.0 Å². The molecule has 0 bridgehead atoms. The number of para-hydroxylation sites is 1. The number of piperazine rings is 1. The van der Waals surface area contributed by atoms with Crippen molar-refractivity contribution in [1.29, 1.82) is 0 Å². The lowest BCUT2D eigenvalue weighted by Gasteiger charge is -2.34. The van der Waals surface area contributed by atoms with Crippen molar-refractivity contribution in [1.82, 2.24) is 14.2 Å². The maximum Gasteiger partial charge on any atom is 0.401 e. The monoisotopic (exact) mass is 359 g/mol. The third kappa shape index (κ3) is 3.52. The summed E-state index contributed by atoms with van der Waals surface area (Å²) >= 11 is 0. The van der Waals surface area contributed by atoms with Crippen molar-refractivity contribution >= 4 is 20.9 Å². The summed E-state index contributed by atoms with van der Waals surface area (Å²) in [6.07, 6.45) is -2.76. The standard InChI is InChI=1S/C15H16F3N3O2S/c16-15(17,18)11-20-7-9-21(10-8-20)24(22,23)13-5-1-3-12-4-2-6-19-14(12)13/h1-6H,7-11H2. The number of rotatable bonds is 3. The van der Waals surface area contributed by atoms with Gasteiger partial charge >= 0.3 is 6.18 Å². The molecule has 5 nitrogen and oxygen atoms in total. The molecule has 0 unspecified atom stereocenters. The summed E-state index contributed by atoms with van der Waals surface area (Å²) in [5, 5.41) is 0.703. The molecule has 9 heteroatoms. The molecular formula is C15H16F3N3O2S. The lowest BCUT2D eigenvalue weighted by molar-refractivity contribution is -0.148. The Balaban J connectivity index is 1.82. The van der Waals surface area contributed by atoms with E-state index in [2.05, 4.69) is 4.98 Å². The molecule has 1 fully saturated rings. The zero-order valence-electron chi connectivity index (χ0n) is 12.7. The number of alkyl halides is 3. The highest BCUT2D eigenvalue weighted by Gasteiger charge is 2.35. The van der Waals surface area contributed by atoms with Crippen LogP contribution in [0.1, 0.15) is 0 Å². The van der Waals surface area contributed by atoms with Gasteiger partial charge in [-0.2, -0.15) is 17.5 Å². The fourth-order valence-corrected chi connectivity index (χ4v) is 4.39. The molecule has 0 radical (unpaired) electrons. The van der Waals surface area contributed by atoms with Gasteiger partial charge in [-0.05, 0) is 12.1 Å². The van der Waals surface area contributed by atoms with Gasteiger partial charge in [0.25, 0.3) is 0 Å². The van der Waals surface area contributed by atoms with Gasteiger partial charge in [-0.15, -0.1) is 0 Å². The molecule has 0 amide bonds. The Bertz CT molecular complexity index is 826. The fourth-order valence-electron chi connectivity index (χ4n) is 2.80. The molecule has 0 atom stereocenters. The van der Waals surface area contributed by atoms with Crippen molar-refractivity contribution in [2.45, 2.75) is 11.1 Å². The van der Waals surface area contributed by atoms with Crippen molar-refractivity contribution in [3.63, 3.8) is 0 Å². The van der Waals surface area contributed by atoms with E-state index in [1.165, 1.54) is 21.5 Å². The van der Waals surface area contributed by atoms with Gasteiger partial charge in [-0.3, -0.25) is 9.88 Å². The highest BCUT2D eigenvalue weighted by molar-refractivity contribution is 7.89. The number of nitrogens with zero attached hydrogens (tertiary/aromatic N) is 3. The van der Waals surface area contributed by atoms with Gasteiger partial charge in [0, 0.05) is 37.8 Å². The van der Waals surface area contributed by atoms with E-state index in [9.17, 15) is 21.6 Å². The van der Waals surface area contributed by atoms with E-state index in [0.29, 0.717) is 10.9 Å². The molecule has 2 aromatic rings. The molecule has 1 aromatic heterocycles. The maximum absolute atomic E-state index is 12.8. The molecule has 0 N–H and O–H groups in total. The normalized spacial score (nSPS) is 18.1. The van der Waals surface area contributed by atoms with E-state index in [0.717, 1.165) is 0 Å². The third-order valence-electron chi connectivity index (χ3n) is 3.95. The zero-order valence-corrected chi connectivity index (χ0v) is 13.5. The second-order valence-corrected chi connectivity index (χ2v) is 7.53. The van der Waals surface area contributed by atoms with Gasteiger partial charge in [-0.1, -0.05) is 18.2 Å². The lowest BCUT2D eigenvalue weighted by Crippen LogP contribution is -2.50. The van der Waals surface area contributed by atoms with Crippen LogP contribution < -0.4 is 0 Å². The van der Waals surface area contributed by atoms with E-state index >= 15 is 0 Å². The van der Waals surface area contributed by atoms with E-state index in [4.69, 9.17) is 0 Å². The highest BCUT2D eigenvalue weighted by Crippen LogP contribution is 2.25. The van der Waals surface area contributed by atoms with Crippen LogP contribution in [0.3, 0.4) is 0 Å². The van der Waals surface area contributed by atoms with E-state index in [-0.39, 0.29) is 31.1 Å². The average Bonchev–Trinajstić information content (AvgIpc) is 2.53. The minimum atomic E-state index is -4.28. The first-order valence-electron chi connectivity index (χ1n) is 7.40. The van der Waals surface area contributed by atoms with Crippen molar-refractivity contribution in [3.05, 3.63) is 36.5 Å². The number of aromatic nitrogens is 1. The highest BCUT2D eigenvalue weighted by atomic mass is 32.2. The largest absolute Gasteiger partial charge is 0.401 e. The van der Waals surface area contributed by atoms with Crippen LogP contribution in [0.25, 0.3) is 10.9 Å². The quantitative estimate of drug-likeness (QED) is 0.842. The topological polar surface area (TPSA) is 53.5 Å². The molecular weight excluding hydrogens is 343 g/mol.